The fraction of sp³-hybridized carbons (Fsp3) is 0.400. The number of aromatic nitrogens is 1. The molecule has 6 heteroatoms. The molecule has 0 amide bonds. The summed E-state index contributed by atoms with van der Waals surface area (Å²) >= 11 is 0. The van der Waals surface area contributed by atoms with Gasteiger partial charge in [0.2, 0.25) is 0 Å². The van der Waals surface area contributed by atoms with Gasteiger partial charge < -0.3 is 18.0 Å². The van der Waals surface area contributed by atoms with E-state index in [4.69, 9.17) is 18.0 Å². The van der Waals surface area contributed by atoms with Gasteiger partial charge in [0, 0.05) is 39.0 Å². The first-order valence-corrected chi connectivity index (χ1v) is 8.80. The van der Waals surface area contributed by atoms with Gasteiger partial charge in [-0.1, -0.05) is 18.2 Å². The summed E-state index contributed by atoms with van der Waals surface area (Å²) in [5, 5.41) is 1.07. The van der Waals surface area contributed by atoms with Crippen LogP contribution in [0.4, 0.5) is 0 Å². The van der Waals surface area contributed by atoms with Gasteiger partial charge in [0.05, 0.1) is 6.61 Å². The first kappa shape index (κ1) is 15.9. The number of nitrogens with zero attached hydrogens (tertiary/aromatic N) is 1. The SMILES string of the molecule is CO[Si](CCCOc1cccc2cccnc12)(OC)OC. The number of benzene rings is 1. The van der Waals surface area contributed by atoms with Crippen LogP contribution in [0, 0.1) is 0 Å². The Hall–Kier alpha value is -1.47. The van der Waals surface area contributed by atoms with Crippen LogP contribution in [0.2, 0.25) is 6.04 Å². The van der Waals surface area contributed by atoms with Gasteiger partial charge in [0.1, 0.15) is 11.3 Å². The highest BCUT2D eigenvalue weighted by Crippen LogP contribution is 2.23. The van der Waals surface area contributed by atoms with Crippen LogP contribution in [0.1, 0.15) is 6.42 Å². The molecule has 0 aliphatic rings. The van der Waals surface area contributed by atoms with Crippen LogP contribution >= 0.6 is 0 Å². The molecule has 1 aromatic heterocycles. The van der Waals surface area contributed by atoms with Gasteiger partial charge >= 0.3 is 8.80 Å². The highest BCUT2D eigenvalue weighted by atomic mass is 28.4. The number of hydrogen-bond donors (Lipinski definition) is 0. The molecule has 1 aromatic carbocycles. The van der Waals surface area contributed by atoms with Gasteiger partial charge in [-0.05, 0) is 18.6 Å². The normalized spacial score (nSPS) is 11.8. The summed E-state index contributed by atoms with van der Waals surface area (Å²) in [6, 6.07) is 10.6. The van der Waals surface area contributed by atoms with Gasteiger partial charge in [0.25, 0.3) is 0 Å². The third-order valence-corrected chi connectivity index (χ3v) is 6.25. The Balaban J connectivity index is 1.94. The molecule has 0 spiro atoms. The van der Waals surface area contributed by atoms with Crippen LogP contribution in [0.15, 0.2) is 36.5 Å². The van der Waals surface area contributed by atoms with Crippen molar-refractivity contribution in [1.29, 1.82) is 0 Å². The fourth-order valence-electron chi connectivity index (χ4n) is 2.22. The van der Waals surface area contributed by atoms with Gasteiger partial charge in [-0.3, -0.25) is 4.98 Å². The molecule has 0 bridgehead atoms. The zero-order valence-electron chi connectivity index (χ0n) is 12.7. The summed E-state index contributed by atoms with van der Waals surface area (Å²) in [5.74, 6) is 0.799. The zero-order valence-corrected chi connectivity index (χ0v) is 13.7. The van der Waals surface area contributed by atoms with E-state index in [1.54, 1.807) is 27.5 Å². The first-order chi connectivity index (χ1) is 10.2. The maximum Gasteiger partial charge on any atom is 0.500 e. The van der Waals surface area contributed by atoms with Crippen molar-refractivity contribution < 1.29 is 18.0 Å². The number of hydrogen-bond acceptors (Lipinski definition) is 5. The minimum atomic E-state index is -2.50. The van der Waals surface area contributed by atoms with E-state index in [1.165, 1.54) is 0 Å². The second-order valence-corrected chi connectivity index (χ2v) is 7.67. The molecule has 0 aliphatic heterocycles. The Morgan fingerprint density at radius 2 is 1.71 bits per heavy atom. The number of pyridine rings is 1. The molecule has 1 heterocycles. The third kappa shape index (κ3) is 3.79. The van der Waals surface area contributed by atoms with Crippen molar-refractivity contribution >= 4 is 19.7 Å². The maximum absolute atomic E-state index is 5.84. The molecular formula is C15H21NO4Si. The van der Waals surface area contributed by atoms with Crippen LogP contribution in [-0.4, -0.2) is 41.7 Å². The van der Waals surface area contributed by atoms with E-state index in [-0.39, 0.29) is 0 Å². The molecule has 2 rings (SSSR count). The lowest BCUT2D eigenvalue weighted by Gasteiger charge is -2.24. The lowest BCUT2D eigenvalue weighted by molar-refractivity contribution is 0.121. The van der Waals surface area contributed by atoms with E-state index in [0.29, 0.717) is 12.7 Å². The molecular weight excluding hydrogens is 286 g/mol. The summed E-state index contributed by atoms with van der Waals surface area (Å²) < 4.78 is 22.0. The molecule has 5 nitrogen and oxygen atoms in total. The van der Waals surface area contributed by atoms with Crippen LogP contribution in [0.5, 0.6) is 5.75 Å². The summed E-state index contributed by atoms with van der Waals surface area (Å²) in [6.45, 7) is 0.570. The van der Waals surface area contributed by atoms with Gasteiger partial charge in [-0.2, -0.15) is 0 Å². The largest absolute Gasteiger partial charge is 0.500 e. The highest BCUT2D eigenvalue weighted by Gasteiger charge is 2.36. The molecule has 0 aliphatic carbocycles. The van der Waals surface area contributed by atoms with Gasteiger partial charge in [0.15, 0.2) is 0 Å². The van der Waals surface area contributed by atoms with E-state index in [0.717, 1.165) is 23.1 Å². The van der Waals surface area contributed by atoms with Crippen molar-refractivity contribution in [2.24, 2.45) is 0 Å². The van der Waals surface area contributed by atoms with Crippen molar-refractivity contribution in [2.45, 2.75) is 12.5 Å². The van der Waals surface area contributed by atoms with Crippen LogP contribution in [0.3, 0.4) is 0 Å². The molecule has 0 atom stereocenters. The Kier molecular flexibility index (Phi) is 5.69. The lowest BCUT2D eigenvalue weighted by atomic mass is 10.2. The molecule has 0 radical (unpaired) electrons. The quantitative estimate of drug-likeness (QED) is 0.554. The summed E-state index contributed by atoms with van der Waals surface area (Å²) in [6.07, 6.45) is 2.57. The molecule has 2 aromatic rings. The standard InChI is InChI=1S/C15H21NO4Si/c1-17-21(18-2,19-3)12-6-11-20-14-9-4-7-13-8-5-10-16-15(13)14/h4-5,7-10H,6,11-12H2,1-3H3. The van der Waals surface area contributed by atoms with Crippen molar-refractivity contribution in [2.75, 3.05) is 27.9 Å². The topological polar surface area (TPSA) is 49.8 Å². The minimum absolute atomic E-state index is 0.570. The number of para-hydroxylation sites is 1. The Bertz CT molecular complexity index is 561. The second kappa shape index (κ2) is 7.51. The lowest BCUT2D eigenvalue weighted by Crippen LogP contribution is -2.42. The van der Waals surface area contributed by atoms with E-state index < -0.39 is 8.80 Å². The Morgan fingerprint density at radius 1 is 1.00 bits per heavy atom. The summed E-state index contributed by atoms with van der Waals surface area (Å²) in [5.41, 5.74) is 0.883. The van der Waals surface area contributed by atoms with Crippen LogP contribution < -0.4 is 4.74 Å². The fourth-order valence-corrected chi connectivity index (χ4v) is 3.91. The predicted molar refractivity (Wildman–Crippen MR) is 83.4 cm³/mol. The number of rotatable bonds is 8. The van der Waals surface area contributed by atoms with Crippen molar-refractivity contribution in [3.63, 3.8) is 0 Å². The van der Waals surface area contributed by atoms with E-state index in [1.807, 2.05) is 30.3 Å². The minimum Gasteiger partial charge on any atom is -0.491 e. The van der Waals surface area contributed by atoms with Gasteiger partial charge in [-0.15, -0.1) is 0 Å². The van der Waals surface area contributed by atoms with Crippen molar-refractivity contribution in [1.82, 2.24) is 4.98 Å². The molecule has 0 fully saturated rings. The molecule has 21 heavy (non-hydrogen) atoms. The van der Waals surface area contributed by atoms with Crippen LogP contribution in [-0.2, 0) is 13.3 Å². The van der Waals surface area contributed by atoms with Crippen molar-refractivity contribution in [3.05, 3.63) is 36.5 Å². The predicted octanol–water partition coefficient (Wildman–Crippen LogP) is 2.88. The van der Waals surface area contributed by atoms with Crippen molar-refractivity contribution in [3.8, 4) is 5.75 Å². The average Bonchev–Trinajstić information content (AvgIpc) is 2.56. The Morgan fingerprint density at radius 3 is 2.43 bits per heavy atom. The molecule has 0 N–H and O–H groups in total. The molecule has 114 valence electrons. The molecule has 0 saturated carbocycles. The maximum atomic E-state index is 5.84. The first-order valence-electron chi connectivity index (χ1n) is 6.86. The zero-order chi connectivity index (χ0) is 15.1. The van der Waals surface area contributed by atoms with E-state index >= 15 is 0 Å². The van der Waals surface area contributed by atoms with E-state index in [9.17, 15) is 0 Å². The molecule has 0 unspecified atom stereocenters. The number of fused-ring (bicyclic) bond motifs is 1. The smallest absolute Gasteiger partial charge is 0.491 e. The average molecular weight is 307 g/mol. The van der Waals surface area contributed by atoms with E-state index in [2.05, 4.69) is 4.98 Å². The summed E-state index contributed by atoms with van der Waals surface area (Å²) in [7, 11) is 2.35. The number of ether oxygens (including phenoxy) is 1. The summed E-state index contributed by atoms with van der Waals surface area (Å²) in [4.78, 5) is 4.37. The third-order valence-electron chi connectivity index (χ3n) is 3.41. The molecule has 0 saturated heterocycles. The van der Waals surface area contributed by atoms with Crippen LogP contribution in [0.25, 0.3) is 10.9 Å². The monoisotopic (exact) mass is 307 g/mol. The highest BCUT2D eigenvalue weighted by molar-refractivity contribution is 6.60. The second-order valence-electron chi connectivity index (χ2n) is 4.58. The van der Waals surface area contributed by atoms with Gasteiger partial charge in [-0.25, -0.2) is 0 Å². The Labute approximate surface area is 126 Å².